The summed E-state index contributed by atoms with van der Waals surface area (Å²) in [5.74, 6) is -0.371. The van der Waals surface area contributed by atoms with Crippen LogP contribution < -0.4 is 10.2 Å². The molecule has 1 fully saturated rings. The van der Waals surface area contributed by atoms with Gasteiger partial charge in [-0.15, -0.1) is 0 Å². The smallest absolute Gasteiger partial charge is 0.328 e. The van der Waals surface area contributed by atoms with Gasteiger partial charge in [-0.1, -0.05) is 6.92 Å². The maximum Gasteiger partial charge on any atom is 0.328 e. The van der Waals surface area contributed by atoms with E-state index in [0.29, 0.717) is 24.2 Å². The molecular formula is C13H13N3O2. The van der Waals surface area contributed by atoms with Gasteiger partial charge in [0.2, 0.25) is 5.91 Å². The number of urea groups is 1. The van der Waals surface area contributed by atoms with Crippen LogP contribution in [-0.2, 0) is 4.79 Å². The lowest BCUT2D eigenvalue weighted by Gasteiger charge is -2.30. The van der Waals surface area contributed by atoms with Crippen LogP contribution in [0.1, 0.15) is 18.9 Å². The van der Waals surface area contributed by atoms with Crippen molar-refractivity contribution in [3.05, 3.63) is 29.8 Å². The van der Waals surface area contributed by atoms with Gasteiger partial charge in [-0.05, 0) is 30.7 Å². The fourth-order valence-corrected chi connectivity index (χ4v) is 1.91. The van der Waals surface area contributed by atoms with E-state index in [1.165, 1.54) is 0 Å². The average molecular weight is 243 g/mol. The quantitative estimate of drug-likeness (QED) is 0.858. The molecule has 1 aromatic rings. The minimum Gasteiger partial charge on any atom is -0.337 e. The van der Waals surface area contributed by atoms with Gasteiger partial charge in [0.1, 0.15) is 0 Å². The summed E-state index contributed by atoms with van der Waals surface area (Å²) in [6.07, 6.45) is 0.686. The van der Waals surface area contributed by atoms with Crippen molar-refractivity contribution in [1.82, 2.24) is 5.32 Å². The van der Waals surface area contributed by atoms with Gasteiger partial charge in [0.05, 0.1) is 23.2 Å². The summed E-state index contributed by atoms with van der Waals surface area (Å²) in [6, 6.07) is 7.98. The molecule has 0 aliphatic carbocycles. The number of benzene rings is 1. The van der Waals surface area contributed by atoms with Crippen LogP contribution in [0.15, 0.2) is 24.3 Å². The summed E-state index contributed by atoms with van der Waals surface area (Å²) in [5, 5.41) is 11.4. The van der Waals surface area contributed by atoms with Crippen molar-refractivity contribution >= 4 is 17.6 Å². The first-order chi connectivity index (χ1) is 8.67. The van der Waals surface area contributed by atoms with Crippen LogP contribution in [0.3, 0.4) is 0 Å². The van der Waals surface area contributed by atoms with Crippen molar-refractivity contribution in [3.63, 3.8) is 0 Å². The summed E-state index contributed by atoms with van der Waals surface area (Å²) in [7, 11) is 0. The highest BCUT2D eigenvalue weighted by Gasteiger charge is 2.33. The fourth-order valence-electron chi connectivity index (χ4n) is 1.91. The predicted octanol–water partition coefficient (Wildman–Crippen LogP) is 1.64. The molecule has 0 spiro atoms. The SMILES string of the molecule is CCC1CNC(=O)N(c2ccc(C#N)cc2)C1=O. The predicted molar refractivity (Wildman–Crippen MR) is 65.8 cm³/mol. The summed E-state index contributed by atoms with van der Waals surface area (Å²) >= 11 is 0. The Morgan fingerprint density at radius 2 is 2.06 bits per heavy atom. The Kier molecular flexibility index (Phi) is 3.28. The summed E-state index contributed by atoms with van der Waals surface area (Å²) in [5.41, 5.74) is 0.991. The number of nitriles is 1. The lowest BCUT2D eigenvalue weighted by molar-refractivity contribution is -0.122. The van der Waals surface area contributed by atoms with Gasteiger partial charge in [-0.25, -0.2) is 9.69 Å². The molecule has 1 heterocycles. The van der Waals surface area contributed by atoms with Gasteiger partial charge in [-0.3, -0.25) is 4.79 Å². The second-order valence-corrected chi connectivity index (χ2v) is 4.12. The van der Waals surface area contributed by atoms with Crippen LogP contribution >= 0.6 is 0 Å². The third-order valence-electron chi connectivity index (χ3n) is 3.02. The third-order valence-corrected chi connectivity index (χ3v) is 3.02. The number of rotatable bonds is 2. The van der Waals surface area contributed by atoms with E-state index in [4.69, 9.17) is 5.26 Å². The number of amides is 3. The first kappa shape index (κ1) is 12.1. The van der Waals surface area contributed by atoms with Crippen LogP contribution in [-0.4, -0.2) is 18.5 Å². The Labute approximate surface area is 105 Å². The topological polar surface area (TPSA) is 73.2 Å². The van der Waals surface area contributed by atoms with Crippen molar-refractivity contribution in [1.29, 1.82) is 5.26 Å². The zero-order chi connectivity index (χ0) is 13.1. The largest absolute Gasteiger partial charge is 0.337 e. The Morgan fingerprint density at radius 3 is 2.61 bits per heavy atom. The summed E-state index contributed by atoms with van der Waals surface area (Å²) in [4.78, 5) is 25.0. The van der Waals surface area contributed by atoms with Crippen molar-refractivity contribution in [2.45, 2.75) is 13.3 Å². The van der Waals surface area contributed by atoms with Gasteiger partial charge in [-0.2, -0.15) is 5.26 Å². The lowest BCUT2D eigenvalue weighted by atomic mass is 10.0. The van der Waals surface area contributed by atoms with Crippen molar-refractivity contribution in [3.8, 4) is 6.07 Å². The highest BCUT2D eigenvalue weighted by atomic mass is 16.2. The normalized spacial score (nSPS) is 19.3. The Balaban J connectivity index is 2.31. The molecule has 0 radical (unpaired) electrons. The first-order valence-corrected chi connectivity index (χ1v) is 5.79. The van der Waals surface area contributed by atoms with Crippen molar-refractivity contribution in [2.75, 3.05) is 11.4 Å². The van der Waals surface area contributed by atoms with Crippen LogP contribution in [0.25, 0.3) is 0 Å². The van der Waals surface area contributed by atoms with Gasteiger partial charge < -0.3 is 5.32 Å². The van der Waals surface area contributed by atoms with E-state index in [0.717, 1.165) is 4.90 Å². The van der Waals surface area contributed by atoms with Gasteiger partial charge in [0, 0.05) is 6.54 Å². The van der Waals surface area contributed by atoms with Gasteiger partial charge >= 0.3 is 6.03 Å². The third kappa shape index (κ3) is 2.05. The monoisotopic (exact) mass is 243 g/mol. The molecule has 3 amide bonds. The molecule has 0 bridgehead atoms. The maximum absolute atomic E-state index is 12.1. The van der Waals surface area contributed by atoms with Crippen LogP contribution in [0, 0.1) is 17.2 Å². The molecule has 5 heteroatoms. The summed E-state index contributed by atoms with van der Waals surface area (Å²) < 4.78 is 0. The molecule has 2 rings (SSSR count). The summed E-state index contributed by atoms with van der Waals surface area (Å²) in [6.45, 7) is 2.30. The standard InChI is InChI=1S/C13H13N3O2/c1-2-10-8-15-13(18)16(12(10)17)11-5-3-9(7-14)4-6-11/h3-6,10H,2,8H2,1H3,(H,15,18). The fraction of sp³-hybridized carbons (Fsp3) is 0.308. The minimum absolute atomic E-state index is 0.182. The molecule has 1 aromatic carbocycles. The molecule has 0 aromatic heterocycles. The highest BCUT2D eigenvalue weighted by molar-refractivity contribution is 6.16. The zero-order valence-corrected chi connectivity index (χ0v) is 10.0. The molecule has 1 unspecified atom stereocenters. The van der Waals surface area contributed by atoms with Crippen LogP contribution in [0.4, 0.5) is 10.5 Å². The van der Waals surface area contributed by atoms with E-state index in [9.17, 15) is 9.59 Å². The van der Waals surface area contributed by atoms with Gasteiger partial charge in [0.25, 0.3) is 0 Å². The zero-order valence-electron chi connectivity index (χ0n) is 10.0. The number of carbonyl (C=O) groups excluding carboxylic acids is 2. The van der Waals surface area contributed by atoms with E-state index in [1.54, 1.807) is 24.3 Å². The molecule has 18 heavy (non-hydrogen) atoms. The van der Waals surface area contributed by atoms with E-state index in [1.807, 2.05) is 13.0 Å². The molecule has 1 N–H and O–H groups in total. The molecule has 1 atom stereocenters. The molecule has 1 aliphatic rings. The number of hydrogen-bond acceptors (Lipinski definition) is 3. The Hall–Kier alpha value is -2.35. The number of nitrogens with one attached hydrogen (secondary N) is 1. The molecule has 5 nitrogen and oxygen atoms in total. The molecule has 92 valence electrons. The Bertz CT molecular complexity index is 516. The van der Waals surface area contributed by atoms with E-state index < -0.39 is 6.03 Å². The molecule has 1 saturated heterocycles. The van der Waals surface area contributed by atoms with Crippen LogP contribution in [0.2, 0.25) is 0 Å². The van der Waals surface area contributed by atoms with E-state index in [-0.39, 0.29) is 11.8 Å². The molecule has 1 aliphatic heterocycles. The van der Waals surface area contributed by atoms with Crippen LogP contribution in [0.5, 0.6) is 0 Å². The van der Waals surface area contributed by atoms with E-state index >= 15 is 0 Å². The lowest BCUT2D eigenvalue weighted by Crippen LogP contribution is -2.55. The first-order valence-electron chi connectivity index (χ1n) is 5.79. The van der Waals surface area contributed by atoms with E-state index in [2.05, 4.69) is 5.32 Å². The highest BCUT2D eigenvalue weighted by Crippen LogP contribution is 2.21. The number of imide groups is 1. The number of hydrogen-bond donors (Lipinski definition) is 1. The molecule has 0 saturated carbocycles. The second kappa shape index (κ2) is 4.88. The number of anilines is 1. The average Bonchev–Trinajstić information content (AvgIpc) is 2.40. The van der Waals surface area contributed by atoms with Crippen molar-refractivity contribution in [2.24, 2.45) is 5.92 Å². The molecular weight excluding hydrogens is 230 g/mol. The van der Waals surface area contributed by atoms with Crippen molar-refractivity contribution < 1.29 is 9.59 Å². The maximum atomic E-state index is 12.1. The number of carbonyl (C=O) groups is 2. The Morgan fingerprint density at radius 1 is 1.39 bits per heavy atom. The minimum atomic E-state index is -0.408. The second-order valence-electron chi connectivity index (χ2n) is 4.12. The van der Waals surface area contributed by atoms with Gasteiger partial charge in [0.15, 0.2) is 0 Å². The number of nitrogens with zero attached hydrogens (tertiary/aromatic N) is 2.